The zero-order valence-corrected chi connectivity index (χ0v) is 13.2. The van der Waals surface area contributed by atoms with E-state index < -0.39 is 0 Å². The lowest BCUT2D eigenvalue weighted by Crippen LogP contribution is -2.04. The zero-order valence-electron chi connectivity index (χ0n) is 13.2. The van der Waals surface area contributed by atoms with E-state index in [-0.39, 0.29) is 5.92 Å². The van der Waals surface area contributed by atoms with E-state index in [0.717, 1.165) is 5.69 Å². The SMILES string of the molecule is Cc1ccc(C2C=Nc3ccc4ccccc4c32)c(C)c1C. The molecule has 0 saturated heterocycles. The van der Waals surface area contributed by atoms with E-state index >= 15 is 0 Å². The van der Waals surface area contributed by atoms with Crippen LogP contribution in [0, 0.1) is 20.8 Å². The molecule has 0 aromatic heterocycles. The van der Waals surface area contributed by atoms with E-state index in [9.17, 15) is 0 Å². The van der Waals surface area contributed by atoms with Crippen molar-refractivity contribution in [3.63, 3.8) is 0 Å². The molecule has 0 spiro atoms. The molecule has 1 aliphatic rings. The molecule has 0 amide bonds. The number of aliphatic imine (C=N–C) groups is 1. The van der Waals surface area contributed by atoms with Crippen molar-refractivity contribution in [2.24, 2.45) is 4.99 Å². The number of nitrogens with zero attached hydrogens (tertiary/aromatic N) is 1. The summed E-state index contributed by atoms with van der Waals surface area (Å²) < 4.78 is 0. The van der Waals surface area contributed by atoms with Crippen molar-refractivity contribution in [1.29, 1.82) is 0 Å². The Kier molecular flexibility index (Phi) is 2.90. The van der Waals surface area contributed by atoms with E-state index in [4.69, 9.17) is 0 Å². The third kappa shape index (κ3) is 1.82. The minimum Gasteiger partial charge on any atom is -0.260 e. The molecule has 0 aliphatic carbocycles. The second-order valence-corrected chi connectivity index (χ2v) is 6.20. The van der Waals surface area contributed by atoms with Gasteiger partial charge in [0.1, 0.15) is 0 Å². The number of hydrogen-bond acceptors (Lipinski definition) is 1. The molecule has 1 unspecified atom stereocenters. The van der Waals surface area contributed by atoms with Crippen LogP contribution in [0.4, 0.5) is 5.69 Å². The molecule has 1 atom stereocenters. The van der Waals surface area contributed by atoms with Gasteiger partial charge in [-0.15, -0.1) is 0 Å². The molecule has 0 radical (unpaired) electrons. The highest BCUT2D eigenvalue weighted by Gasteiger charge is 2.24. The lowest BCUT2D eigenvalue weighted by atomic mass is 9.85. The first-order valence-electron chi connectivity index (χ1n) is 7.79. The predicted octanol–water partition coefficient (Wildman–Crippen LogP) is 5.61. The summed E-state index contributed by atoms with van der Waals surface area (Å²) in [6.07, 6.45) is 2.11. The molecule has 0 bridgehead atoms. The summed E-state index contributed by atoms with van der Waals surface area (Å²) in [6.45, 7) is 6.62. The van der Waals surface area contributed by atoms with Crippen molar-refractivity contribution >= 4 is 22.7 Å². The Balaban J connectivity index is 1.98. The van der Waals surface area contributed by atoms with Gasteiger partial charge in [0.05, 0.1) is 5.69 Å². The van der Waals surface area contributed by atoms with Crippen LogP contribution in [0.5, 0.6) is 0 Å². The van der Waals surface area contributed by atoms with Crippen LogP contribution in [0.1, 0.15) is 33.7 Å². The highest BCUT2D eigenvalue weighted by Crippen LogP contribution is 2.42. The van der Waals surface area contributed by atoms with Crippen molar-refractivity contribution < 1.29 is 0 Å². The smallest absolute Gasteiger partial charge is 0.0674 e. The second-order valence-electron chi connectivity index (χ2n) is 6.20. The summed E-state index contributed by atoms with van der Waals surface area (Å²) in [5.74, 6) is 0.264. The average Bonchev–Trinajstić information content (AvgIpc) is 2.97. The number of fused-ring (bicyclic) bond motifs is 3. The van der Waals surface area contributed by atoms with E-state index in [1.54, 1.807) is 0 Å². The molecule has 1 nitrogen and oxygen atoms in total. The third-order valence-corrected chi connectivity index (χ3v) is 5.06. The normalized spacial score (nSPS) is 16.2. The third-order valence-electron chi connectivity index (χ3n) is 5.06. The number of benzene rings is 3. The maximum Gasteiger partial charge on any atom is 0.0674 e. The minimum atomic E-state index is 0.264. The molecule has 0 N–H and O–H groups in total. The summed E-state index contributed by atoms with van der Waals surface area (Å²) in [7, 11) is 0. The number of rotatable bonds is 1. The lowest BCUT2D eigenvalue weighted by molar-refractivity contribution is 1.09. The van der Waals surface area contributed by atoms with Crippen LogP contribution in [0.25, 0.3) is 10.8 Å². The van der Waals surface area contributed by atoms with Gasteiger partial charge >= 0.3 is 0 Å². The quantitative estimate of drug-likeness (QED) is 0.551. The summed E-state index contributed by atoms with van der Waals surface area (Å²) in [4.78, 5) is 4.68. The fraction of sp³-hybridized carbons (Fsp3) is 0.190. The largest absolute Gasteiger partial charge is 0.260 e. The summed E-state index contributed by atoms with van der Waals surface area (Å²) in [5.41, 5.74) is 7.97. The Morgan fingerprint density at radius 2 is 1.64 bits per heavy atom. The van der Waals surface area contributed by atoms with Gasteiger partial charge in [0, 0.05) is 12.1 Å². The lowest BCUT2D eigenvalue weighted by Gasteiger charge is -2.18. The molecule has 0 saturated carbocycles. The standard InChI is InChI=1S/C21H19N/c1-13-8-10-17(15(3)14(13)2)19-12-22-20-11-9-16-6-4-5-7-18(16)21(19)20/h4-12,19H,1-3H3. The average molecular weight is 285 g/mol. The van der Waals surface area contributed by atoms with Crippen LogP contribution in [-0.2, 0) is 0 Å². The fourth-order valence-corrected chi connectivity index (χ4v) is 3.50. The van der Waals surface area contributed by atoms with E-state index in [1.807, 2.05) is 0 Å². The Labute approximate surface area is 131 Å². The van der Waals surface area contributed by atoms with Gasteiger partial charge in [0.25, 0.3) is 0 Å². The van der Waals surface area contributed by atoms with Crippen molar-refractivity contribution in [2.75, 3.05) is 0 Å². The Bertz CT molecular complexity index is 919. The molecule has 4 rings (SSSR count). The summed E-state index contributed by atoms with van der Waals surface area (Å²) in [5, 5.41) is 2.61. The van der Waals surface area contributed by atoms with Crippen LogP contribution in [0.15, 0.2) is 53.5 Å². The number of hydrogen-bond donors (Lipinski definition) is 0. The second kappa shape index (κ2) is 4.81. The van der Waals surface area contributed by atoms with Crippen molar-refractivity contribution in [2.45, 2.75) is 26.7 Å². The monoisotopic (exact) mass is 285 g/mol. The van der Waals surface area contributed by atoms with Crippen LogP contribution < -0.4 is 0 Å². The molecular formula is C21H19N. The highest BCUT2D eigenvalue weighted by molar-refractivity contribution is 5.98. The van der Waals surface area contributed by atoms with Gasteiger partial charge in [0.15, 0.2) is 0 Å². The molecule has 1 heterocycles. The van der Waals surface area contributed by atoms with E-state index in [1.165, 1.54) is 38.6 Å². The van der Waals surface area contributed by atoms with Crippen LogP contribution in [0.2, 0.25) is 0 Å². The topological polar surface area (TPSA) is 12.4 Å². The van der Waals surface area contributed by atoms with Gasteiger partial charge in [-0.25, -0.2) is 0 Å². The molecule has 108 valence electrons. The molecule has 3 aromatic carbocycles. The highest BCUT2D eigenvalue weighted by atomic mass is 14.8. The first-order chi connectivity index (χ1) is 10.7. The molecular weight excluding hydrogens is 266 g/mol. The zero-order chi connectivity index (χ0) is 15.3. The van der Waals surface area contributed by atoms with Crippen LogP contribution >= 0.6 is 0 Å². The first-order valence-corrected chi connectivity index (χ1v) is 7.79. The molecule has 1 heteroatoms. The molecule has 3 aromatic rings. The van der Waals surface area contributed by atoms with Gasteiger partial charge in [-0.1, -0.05) is 42.5 Å². The van der Waals surface area contributed by atoms with Crippen molar-refractivity contribution in [1.82, 2.24) is 0 Å². The maximum atomic E-state index is 4.68. The van der Waals surface area contributed by atoms with E-state index in [2.05, 4.69) is 80.5 Å². The molecule has 0 fully saturated rings. The van der Waals surface area contributed by atoms with Gasteiger partial charge in [-0.3, -0.25) is 4.99 Å². The predicted molar refractivity (Wildman–Crippen MR) is 94.6 cm³/mol. The Morgan fingerprint density at radius 1 is 0.818 bits per heavy atom. The molecule has 1 aliphatic heterocycles. The van der Waals surface area contributed by atoms with Gasteiger partial charge < -0.3 is 0 Å². The fourth-order valence-electron chi connectivity index (χ4n) is 3.50. The maximum absolute atomic E-state index is 4.68. The van der Waals surface area contributed by atoms with Crippen LogP contribution in [0.3, 0.4) is 0 Å². The summed E-state index contributed by atoms with van der Waals surface area (Å²) >= 11 is 0. The minimum absolute atomic E-state index is 0.264. The summed E-state index contributed by atoms with van der Waals surface area (Å²) in [6, 6.07) is 17.4. The Morgan fingerprint density at radius 3 is 2.50 bits per heavy atom. The van der Waals surface area contributed by atoms with Crippen LogP contribution in [-0.4, -0.2) is 6.21 Å². The first kappa shape index (κ1) is 13.3. The van der Waals surface area contributed by atoms with Crippen molar-refractivity contribution in [3.8, 4) is 0 Å². The van der Waals surface area contributed by atoms with Gasteiger partial charge in [-0.05, 0) is 65.4 Å². The van der Waals surface area contributed by atoms with Crippen molar-refractivity contribution in [3.05, 3.63) is 76.3 Å². The Hall–Kier alpha value is -2.41. The molecule has 22 heavy (non-hydrogen) atoms. The van der Waals surface area contributed by atoms with Gasteiger partial charge in [0.2, 0.25) is 0 Å². The van der Waals surface area contributed by atoms with E-state index in [0.29, 0.717) is 0 Å². The number of aryl methyl sites for hydroxylation is 1. The van der Waals surface area contributed by atoms with Gasteiger partial charge in [-0.2, -0.15) is 0 Å².